The number of rotatable bonds is 12. The molecule has 1 N–H and O–H groups in total. The predicted molar refractivity (Wildman–Crippen MR) is 152 cm³/mol. The summed E-state index contributed by atoms with van der Waals surface area (Å²) in [5.41, 5.74) is 2.02. The number of benzene rings is 3. The quantitative estimate of drug-likeness (QED) is 0.246. The fraction of sp³-hybridized carbons (Fsp3) is 0.286. The predicted octanol–water partition coefficient (Wildman–Crippen LogP) is 7.19. The molecule has 0 radical (unpaired) electrons. The molecule has 0 aliphatic rings. The lowest BCUT2D eigenvalue weighted by Crippen LogP contribution is -2.51. The molecule has 9 heteroatoms. The first-order chi connectivity index (χ1) is 17.8. The Kier molecular flexibility index (Phi) is 11.6. The summed E-state index contributed by atoms with van der Waals surface area (Å²) < 4.78 is 14.2. The molecule has 3 aromatic carbocycles. The summed E-state index contributed by atoms with van der Waals surface area (Å²) in [6.07, 6.45) is 1.11. The number of carbonyl (C=O) groups excluding carboxylic acids is 2. The summed E-state index contributed by atoms with van der Waals surface area (Å²) in [6, 6.07) is 18.4. The van der Waals surface area contributed by atoms with Gasteiger partial charge in [0.15, 0.2) is 0 Å². The van der Waals surface area contributed by atoms with Crippen LogP contribution < -0.4 is 5.32 Å². The normalized spacial score (nSPS) is 11.7. The third kappa shape index (κ3) is 8.64. The SMILES string of the molecule is CCCNC(=O)[C@@H](Cc1ccccc1)N(Cc1ccc(Cl)c(Cl)c1)C(=O)CSCc1c(F)cccc1Cl. The van der Waals surface area contributed by atoms with Crippen LogP contribution >= 0.6 is 46.6 Å². The number of hydrogen-bond donors (Lipinski definition) is 1. The van der Waals surface area contributed by atoms with Crippen LogP contribution in [0.15, 0.2) is 66.7 Å². The summed E-state index contributed by atoms with van der Waals surface area (Å²) in [5.74, 6) is -0.639. The topological polar surface area (TPSA) is 49.4 Å². The van der Waals surface area contributed by atoms with E-state index in [1.165, 1.54) is 17.8 Å². The minimum Gasteiger partial charge on any atom is -0.354 e. The number of amides is 2. The van der Waals surface area contributed by atoms with E-state index in [0.717, 1.165) is 17.5 Å². The monoisotopic (exact) mass is 580 g/mol. The largest absolute Gasteiger partial charge is 0.354 e. The highest BCUT2D eigenvalue weighted by Crippen LogP contribution is 2.26. The van der Waals surface area contributed by atoms with E-state index in [2.05, 4.69) is 5.32 Å². The van der Waals surface area contributed by atoms with Crippen LogP contribution in [-0.2, 0) is 28.3 Å². The Morgan fingerprint density at radius 1 is 0.946 bits per heavy atom. The number of thioether (sulfide) groups is 1. The lowest BCUT2D eigenvalue weighted by Gasteiger charge is -2.31. The van der Waals surface area contributed by atoms with Crippen LogP contribution in [0, 0.1) is 5.82 Å². The van der Waals surface area contributed by atoms with Crippen molar-refractivity contribution in [1.82, 2.24) is 10.2 Å². The van der Waals surface area contributed by atoms with Crippen LogP contribution in [0.25, 0.3) is 0 Å². The van der Waals surface area contributed by atoms with Crippen molar-refractivity contribution in [2.24, 2.45) is 0 Å². The highest BCUT2D eigenvalue weighted by molar-refractivity contribution is 7.99. The molecule has 0 aliphatic carbocycles. The average Bonchev–Trinajstić information content (AvgIpc) is 2.89. The molecule has 0 spiro atoms. The van der Waals surface area contributed by atoms with E-state index in [1.54, 1.807) is 35.2 Å². The zero-order valence-corrected chi connectivity index (χ0v) is 23.4. The molecular formula is C28H28Cl3FN2O2S. The van der Waals surface area contributed by atoms with Gasteiger partial charge in [0.1, 0.15) is 11.9 Å². The maximum atomic E-state index is 14.2. The van der Waals surface area contributed by atoms with Gasteiger partial charge in [-0.2, -0.15) is 0 Å². The van der Waals surface area contributed by atoms with Crippen LogP contribution in [-0.4, -0.2) is 35.1 Å². The molecule has 0 unspecified atom stereocenters. The first kappa shape index (κ1) is 29.3. The lowest BCUT2D eigenvalue weighted by atomic mass is 10.0. The van der Waals surface area contributed by atoms with E-state index in [4.69, 9.17) is 34.8 Å². The van der Waals surface area contributed by atoms with E-state index in [-0.39, 0.29) is 29.9 Å². The van der Waals surface area contributed by atoms with Gasteiger partial charge in [-0.05, 0) is 41.8 Å². The van der Waals surface area contributed by atoms with Crippen LogP contribution in [0.4, 0.5) is 4.39 Å². The van der Waals surface area contributed by atoms with Gasteiger partial charge in [0.2, 0.25) is 11.8 Å². The third-order valence-electron chi connectivity index (χ3n) is 5.69. The number of halogens is 4. The molecule has 0 aliphatic heterocycles. The summed E-state index contributed by atoms with van der Waals surface area (Å²) in [5, 5.41) is 4.02. The summed E-state index contributed by atoms with van der Waals surface area (Å²) >= 11 is 19.7. The summed E-state index contributed by atoms with van der Waals surface area (Å²) in [6.45, 7) is 2.63. The molecule has 2 amide bonds. The fourth-order valence-electron chi connectivity index (χ4n) is 3.75. The fourth-order valence-corrected chi connectivity index (χ4v) is 5.32. The first-order valence-electron chi connectivity index (χ1n) is 11.9. The molecule has 4 nitrogen and oxygen atoms in total. The first-order valence-corrected chi connectivity index (χ1v) is 14.1. The molecular weight excluding hydrogens is 554 g/mol. The maximum Gasteiger partial charge on any atom is 0.243 e. The van der Waals surface area contributed by atoms with Gasteiger partial charge >= 0.3 is 0 Å². The third-order valence-corrected chi connectivity index (χ3v) is 7.73. The van der Waals surface area contributed by atoms with Gasteiger partial charge in [-0.3, -0.25) is 9.59 Å². The van der Waals surface area contributed by atoms with E-state index in [0.29, 0.717) is 33.6 Å². The molecule has 3 aromatic rings. The standard InChI is InChI=1S/C28H28Cl3FN2O2S/c1-2-13-33-28(36)26(15-19-7-4-3-5-8-19)34(16-20-11-12-23(30)24(31)14-20)27(35)18-37-17-21-22(29)9-6-10-25(21)32/h3-12,14,26H,2,13,15-18H2,1H3,(H,33,36)/t26-/m1/s1. The minimum absolute atomic E-state index is 0.0400. The van der Waals surface area contributed by atoms with Gasteiger partial charge in [0.05, 0.1) is 15.8 Å². The molecule has 1 atom stereocenters. The van der Waals surface area contributed by atoms with Crippen LogP contribution in [0.1, 0.15) is 30.0 Å². The van der Waals surface area contributed by atoms with Gasteiger partial charge in [-0.15, -0.1) is 11.8 Å². The Morgan fingerprint density at radius 3 is 2.38 bits per heavy atom. The number of nitrogens with one attached hydrogen (secondary N) is 1. The maximum absolute atomic E-state index is 14.2. The van der Waals surface area contributed by atoms with E-state index in [9.17, 15) is 14.0 Å². The van der Waals surface area contributed by atoms with Crippen molar-refractivity contribution in [3.63, 3.8) is 0 Å². The van der Waals surface area contributed by atoms with Crippen molar-refractivity contribution in [2.45, 2.75) is 38.1 Å². The molecule has 0 fully saturated rings. The van der Waals surface area contributed by atoms with Crippen molar-refractivity contribution >= 4 is 58.4 Å². The highest BCUT2D eigenvalue weighted by atomic mass is 35.5. The summed E-state index contributed by atoms with van der Waals surface area (Å²) in [7, 11) is 0. The molecule has 0 bridgehead atoms. The molecule has 0 heterocycles. The van der Waals surface area contributed by atoms with Crippen LogP contribution in [0.5, 0.6) is 0 Å². The van der Waals surface area contributed by atoms with E-state index in [1.807, 2.05) is 37.3 Å². The van der Waals surface area contributed by atoms with Crippen LogP contribution in [0.2, 0.25) is 15.1 Å². The number of carbonyl (C=O) groups is 2. The second-order valence-electron chi connectivity index (χ2n) is 8.46. The van der Waals surface area contributed by atoms with E-state index < -0.39 is 11.9 Å². The van der Waals surface area contributed by atoms with Crippen molar-refractivity contribution < 1.29 is 14.0 Å². The Morgan fingerprint density at radius 2 is 1.70 bits per heavy atom. The number of nitrogens with zero attached hydrogens (tertiary/aromatic N) is 1. The Hall–Kier alpha value is -2.25. The van der Waals surface area contributed by atoms with Crippen molar-refractivity contribution in [3.8, 4) is 0 Å². The lowest BCUT2D eigenvalue weighted by molar-refractivity contribution is -0.139. The zero-order valence-electron chi connectivity index (χ0n) is 20.4. The Labute approximate surface area is 236 Å². The van der Waals surface area contributed by atoms with Crippen molar-refractivity contribution in [2.75, 3.05) is 12.3 Å². The highest BCUT2D eigenvalue weighted by Gasteiger charge is 2.30. The summed E-state index contributed by atoms with van der Waals surface area (Å²) in [4.78, 5) is 28.5. The molecule has 3 rings (SSSR count). The molecule has 196 valence electrons. The molecule has 0 saturated heterocycles. The Balaban J connectivity index is 1.87. The van der Waals surface area contributed by atoms with Gasteiger partial charge in [0, 0.05) is 35.8 Å². The minimum atomic E-state index is -0.756. The number of hydrogen-bond acceptors (Lipinski definition) is 3. The van der Waals surface area contributed by atoms with E-state index >= 15 is 0 Å². The smallest absolute Gasteiger partial charge is 0.243 e. The molecule has 0 aromatic heterocycles. The van der Waals surface area contributed by atoms with Crippen LogP contribution in [0.3, 0.4) is 0 Å². The second-order valence-corrected chi connectivity index (χ2v) is 10.7. The molecule has 37 heavy (non-hydrogen) atoms. The Bertz CT molecular complexity index is 1190. The van der Waals surface area contributed by atoms with Gasteiger partial charge in [-0.25, -0.2) is 4.39 Å². The van der Waals surface area contributed by atoms with Crippen molar-refractivity contribution in [1.29, 1.82) is 0 Å². The second kappa shape index (κ2) is 14.6. The van der Waals surface area contributed by atoms with Gasteiger partial charge in [0.25, 0.3) is 0 Å². The van der Waals surface area contributed by atoms with Crippen molar-refractivity contribution in [3.05, 3.63) is 104 Å². The molecule has 0 saturated carbocycles. The average molecular weight is 582 g/mol. The van der Waals surface area contributed by atoms with Gasteiger partial charge in [-0.1, -0.05) is 84.2 Å². The zero-order chi connectivity index (χ0) is 26.8. The van der Waals surface area contributed by atoms with Gasteiger partial charge < -0.3 is 10.2 Å².